The van der Waals surface area contributed by atoms with E-state index in [0.717, 1.165) is 5.06 Å². The summed E-state index contributed by atoms with van der Waals surface area (Å²) in [6.07, 6.45) is 1.11. The molecule has 1 unspecified atom stereocenters. The van der Waals surface area contributed by atoms with Gasteiger partial charge in [-0.2, -0.15) is 0 Å². The van der Waals surface area contributed by atoms with E-state index >= 15 is 35.1 Å². The second-order valence-corrected chi connectivity index (χ2v) is 18.0. The maximum absolute atomic E-state index is 16.0. The van der Waals surface area contributed by atoms with Gasteiger partial charge in [-0.15, -0.1) is 6.58 Å². The van der Waals surface area contributed by atoms with Crippen LogP contribution in [0.3, 0.4) is 0 Å². The molecule has 0 N–H and O–H groups in total. The van der Waals surface area contributed by atoms with Crippen LogP contribution in [0.15, 0.2) is 43.0 Å². The number of hydrogen-bond acceptors (Lipinski definition) is 3. The molecule has 3 nitrogen and oxygen atoms in total. The third-order valence-corrected chi connectivity index (χ3v) is 14.5. The first-order valence-electron chi connectivity index (χ1n) is 14.0. The maximum Gasteiger partial charge on any atom is 0.368 e. The molecule has 1 saturated heterocycles. The Bertz CT molecular complexity index is 1570. The summed E-state index contributed by atoms with van der Waals surface area (Å²) in [4.78, 5) is 0. The normalized spacial score (nSPS) is 20.1. The van der Waals surface area contributed by atoms with Gasteiger partial charge in [0.2, 0.25) is 0 Å². The van der Waals surface area contributed by atoms with Gasteiger partial charge in [0.15, 0.2) is 34.9 Å². The standard InChI is InChI=1S/C31H31BF10NO2P/c1-9-31(8)15-46(29(2,3)4,30(5,6)7)45-32(44-43(31)16-13-11-10-12-14-16,17-19(33)23(37)27(41)24(38)20(17)34)18-21(35)25(39)28(42)26(40)22(18)36/h9-14H,1,15H2,2-8H3. The lowest BCUT2D eigenvalue weighted by atomic mass is 9.46. The zero-order chi connectivity index (χ0) is 34.9. The van der Waals surface area contributed by atoms with E-state index in [9.17, 15) is 8.78 Å². The number of nitrogens with zero attached hydrogens (tertiary/aromatic N) is 1. The minimum absolute atomic E-state index is 0.00434. The van der Waals surface area contributed by atoms with Gasteiger partial charge in [0.25, 0.3) is 0 Å². The van der Waals surface area contributed by atoms with E-state index < -0.39 is 99.0 Å². The minimum atomic E-state index is -5.10. The summed E-state index contributed by atoms with van der Waals surface area (Å²) in [7, 11) is -3.77. The number of hydroxylamine groups is 1. The Kier molecular flexibility index (Phi) is 8.99. The zero-order valence-electron chi connectivity index (χ0n) is 25.9. The summed E-state index contributed by atoms with van der Waals surface area (Å²) in [5, 5.41) is -1.51. The average Bonchev–Trinajstić information content (AvgIpc) is 3.11. The summed E-state index contributed by atoms with van der Waals surface area (Å²) in [6.45, 7) is 9.88. The van der Waals surface area contributed by atoms with Crippen LogP contribution < -0.4 is 16.0 Å². The molecule has 0 bridgehead atoms. The average molecular weight is 681 g/mol. The Balaban J connectivity index is 2.42. The Labute approximate surface area is 260 Å². The molecule has 1 heterocycles. The molecule has 3 aromatic rings. The third-order valence-electron chi connectivity index (χ3n) is 8.43. The second-order valence-electron chi connectivity index (χ2n) is 13.3. The fourth-order valence-corrected chi connectivity index (χ4v) is 11.8. The van der Waals surface area contributed by atoms with Crippen molar-refractivity contribution < 1.29 is 53.1 Å². The summed E-state index contributed by atoms with van der Waals surface area (Å²) in [5.74, 6) is -26.2. The smallest absolute Gasteiger partial charge is 0.368 e. The highest BCUT2D eigenvalue weighted by Crippen LogP contribution is 2.80. The molecule has 0 radical (unpaired) electrons. The third kappa shape index (κ3) is 5.11. The van der Waals surface area contributed by atoms with E-state index in [1.807, 2.05) is 0 Å². The van der Waals surface area contributed by atoms with Crippen molar-refractivity contribution in [2.24, 2.45) is 0 Å². The van der Waals surface area contributed by atoms with Crippen LogP contribution >= 0.6 is 7.49 Å². The first-order chi connectivity index (χ1) is 21.0. The molecular formula is C31H31BF10NO2P. The van der Waals surface area contributed by atoms with E-state index in [2.05, 4.69) is 6.58 Å². The van der Waals surface area contributed by atoms with Crippen LogP contribution in [-0.2, 0) is 9.20 Å². The highest BCUT2D eigenvalue weighted by molar-refractivity contribution is 7.75. The molecule has 1 atom stereocenters. The van der Waals surface area contributed by atoms with Crippen molar-refractivity contribution in [1.29, 1.82) is 0 Å². The molecule has 4 rings (SSSR count). The first kappa shape index (κ1) is 35.8. The van der Waals surface area contributed by atoms with Crippen LogP contribution in [0.2, 0.25) is 0 Å². The minimum Gasteiger partial charge on any atom is -0.444 e. The van der Waals surface area contributed by atoms with E-state index in [-0.39, 0.29) is 11.8 Å². The highest BCUT2D eigenvalue weighted by atomic mass is 31.2. The maximum atomic E-state index is 16.0. The van der Waals surface area contributed by atoms with Crippen molar-refractivity contribution in [2.75, 3.05) is 11.2 Å². The molecule has 3 aromatic carbocycles. The van der Waals surface area contributed by atoms with Crippen molar-refractivity contribution in [2.45, 2.75) is 64.3 Å². The van der Waals surface area contributed by atoms with Crippen molar-refractivity contribution in [3.8, 4) is 0 Å². The van der Waals surface area contributed by atoms with Gasteiger partial charge in [-0.25, -0.2) is 43.9 Å². The fourth-order valence-electron chi connectivity index (χ4n) is 6.22. The van der Waals surface area contributed by atoms with Crippen molar-refractivity contribution in [3.05, 3.63) is 101 Å². The molecule has 1 fully saturated rings. The number of hydrogen-bond donors (Lipinski definition) is 0. The molecule has 0 amide bonds. The predicted octanol–water partition coefficient (Wildman–Crippen LogP) is 8.58. The lowest BCUT2D eigenvalue weighted by Crippen LogP contribution is -2.70. The molecule has 1 aliphatic rings. The lowest BCUT2D eigenvalue weighted by molar-refractivity contribution is 0.196. The number of rotatable bonds is 4. The molecule has 0 spiro atoms. The molecular weight excluding hydrogens is 650 g/mol. The summed E-state index contributed by atoms with van der Waals surface area (Å²) < 4.78 is 166. The van der Waals surface area contributed by atoms with Crippen LogP contribution in [0.4, 0.5) is 49.6 Å². The summed E-state index contributed by atoms with van der Waals surface area (Å²) >= 11 is 0. The van der Waals surface area contributed by atoms with Crippen LogP contribution in [0.5, 0.6) is 0 Å². The number of benzene rings is 3. The monoisotopic (exact) mass is 681 g/mol. The van der Waals surface area contributed by atoms with Gasteiger partial charge in [0.1, 0.15) is 42.5 Å². The fraction of sp³-hybridized carbons (Fsp3) is 0.355. The summed E-state index contributed by atoms with van der Waals surface area (Å²) in [5.41, 5.74) is -5.69. The Morgan fingerprint density at radius 2 is 1.02 bits per heavy atom. The topological polar surface area (TPSA) is 21.7 Å². The van der Waals surface area contributed by atoms with Crippen molar-refractivity contribution in [3.63, 3.8) is 0 Å². The molecule has 15 heteroatoms. The largest absolute Gasteiger partial charge is 0.444 e. The molecule has 0 aliphatic carbocycles. The zero-order valence-corrected chi connectivity index (χ0v) is 26.8. The van der Waals surface area contributed by atoms with E-state index in [1.165, 1.54) is 37.3 Å². The Morgan fingerprint density at radius 1 is 0.674 bits per heavy atom. The van der Waals surface area contributed by atoms with Crippen LogP contribution in [-0.4, -0.2) is 28.6 Å². The van der Waals surface area contributed by atoms with Gasteiger partial charge >= 0.3 is 6.55 Å². The van der Waals surface area contributed by atoms with Crippen LogP contribution in [0.1, 0.15) is 48.5 Å². The Hall–Kier alpha value is -3.09. The van der Waals surface area contributed by atoms with E-state index in [1.54, 1.807) is 47.6 Å². The molecule has 46 heavy (non-hydrogen) atoms. The van der Waals surface area contributed by atoms with Gasteiger partial charge in [-0.3, -0.25) is 5.06 Å². The molecule has 1 aliphatic heterocycles. The SMILES string of the molecule is C=CC1(C)C[P+](C(C)(C)C)(C(C)(C)C)O[B-](c2c(F)c(F)c(F)c(F)c2F)(c2c(F)c(F)c(F)c(F)c2F)ON1c1ccccc1. The van der Waals surface area contributed by atoms with Gasteiger partial charge < -0.3 is 9.20 Å². The quantitative estimate of drug-likeness (QED) is 0.0688. The molecule has 0 aromatic heterocycles. The first-order valence-corrected chi connectivity index (χ1v) is 15.9. The van der Waals surface area contributed by atoms with Crippen LogP contribution in [0, 0.1) is 58.2 Å². The van der Waals surface area contributed by atoms with E-state index in [4.69, 9.17) is 9.20 Å². The number of anilines is 1. The number of para-hydroxylation sites is 1. The van der Waals surface area contributed by atoms with Crippen molar-refractivity contribution >= 4 is 30.7 Å². The van der Waals surface area contributed by atoms with Gasteiger partial charge in [0, 0.05) is 0 Å². The van der Waals surface area contributed by atoms with E-state index in [0.29, 0.717) is 0 Å². The van der Waals surface area contributed by atoms with Crippen LogP contribution in [0.25, 0.3) is 0 Å². The Morgan fingerprint density at radius 3 is 1.35 bits per heavy atom. The lowest BCUT2D eigenvalue weighted by Gasteiger charge is -2.53. The van der Waals surface area contributed by atoms with Crippen molar-refractivity contribution in [1.82, 2.24) is 0 Å². The van der Waals surface area contributed by atoms with Gasteiger partial charge in [0.05, 0.1) is 16.0 Å². The predicted molar refractivity (Wildman–Crippen MR) is 158 cm³/mol. The molecule has 0 saturated carbocycles. The number of halogens is 10. The van der Waals surface area contributed by atoms with Gasteiger partial charge in [-0.05, 0) is 60.6 Å². The molecule has 250 valence electrons. The highest BCUT2D eigenvalue weighted by Gasteiger charge is 2.68. The summed E-state index contributed by atoms with van der Waals surface area (Å²) in [6, 6.07) is 7.24. The second kappa shape index (κ2) is 11.6. The van der Waals surface area contributed by atoms with Gasteiger partial charge in [-0.1, -0.05) is 35.2 Å².